The second-order valence-corrected chi connectivity index (χ2v) is 16.7. The Kier molecular flexibility index (Phi) is 10.7. The van der Waals surface area contributed by atoms with Crippen molar-refractivity contribution in [2.24, 2.45) is 11.8 Å². The summed E-state index contributed by atoms with van der Waals surface area (Å²) < 4.78 is 7.40. The van der Waals surface area contributed by atoms with Crippen molar-refractivity contribution in [2.45, 2.75) is 91.7 Å². The summed E-state index contributed by atoms with van der Waals surface area (Å²) in [5.41, 5.74) is 2.73. The molecule has 2 atom stereocenters. The van der Waals surface area contributed by atoms with Crippen LogP contribution >= 0.6 is 0 Å². The van der Waals surface area contributed by atoms with Gasteiger partial charge in [0, 0.05) is 6.42 Å². The molecular formula is C35H48O2Si. The Balaban J connectivity index is 2.10. The highest BCUT2D eigenvalue weighted by Crippen LogP contribution is 2.38. The zero-order valence-corrected chi connectivity index (χ0v) is 25.7. The molecule has 0 spiro atoms. The van der Waals surface area contributed by atoms with Crippen LogP contribution in [0.2, 0.25) is 5.04 Å². The van der Waals surface area contributed by atoms with Crippen molar-refractivity contribution in [3.8, 4) is 0 Å². The van der Waals surface area contributed by atoms with Crippen LogP contribution in [-0.4, -0.2) is 20.2 Å². The summed E-state index contributed by atoms with van der Waals surface area (Å²) in [5, 5.41) is 2.34. The van der Waals surface area contributed by atoms with Crippen molar-refractivity contribution >= 4 is 24.5 Å². The summed E-state index contributed by atoms with van der Waals surface area (Å²) in [7, 11) is -2.78. The summed E-state index contributed by atoms with van der Waals surface area (Å²) >= 11 is 0. The van der Waals surface area contributed by atoms with Gasteiger partial charge in [0.1, 0.15) is 0 Å². The van der Waals surface area contributed by atoms with Crippen LogP contribution in [0.5, 0.6) is 0 Å². The molecule has 0 aromatic heterocycles. The first-order valence-electron chi connectivity index (χ1n) is 14.4. The molecule has 3 rings (SSSR count). The maximum absolute atomic E-state index is 13.4. The third-order valence-electron chi connectivity index (χ3n) is 7.91. The van der Waals surface area contributed by atoms with Crippen LogP contribution in [0.15, 0.2) is 96.1 Å². The Morgan fingerprint density at radius 3 is 1.97 bits per heavy atom. The van der Waals surface area contributed by atoms with E-state index < -0.39 is 8.32 Å². The van der Waals surface area contributed by atoms with Crippen molar-refractivity contribution in [1.82, 2.24) is 0 Å². The smallest absolute Gasteiger partial charge is 0.261 e. The van der Waals surface area contributed by atoms with Gasteiger partial charge in [-0.2, -0.15) is 0 Å². The number of rotatable bonds is 5. The molecule has 0 N–H and O–H groups in total. The van der Waals surface area contributed by atoms with E-state index in [2.05, 4.69) is 127 Å². The lowest BCUT2D eigenvalue weighted by Gasteiger charge is -2.44. The Morgan fingerprint density at radius 2 is 1.45 bits per heavy atom. The average molecular weight is 529 g/mol. The monoisotopic (exact) mass is 528 g/mol. The van der Waals surface area contributed by atoms with E-state index in [1.165, 1.54) is 21.5 Å². The number of allylic oxidation sites excluding steroid dienone is 5. The van der Waals surface area contributed by atoms with Crippen LogP contribution in [0.4, 0.5) is 0 Å². The summed E-state index contributed by atoms with van der Waals surface area (Å²) in [6.07, 6.45) is 12.9. The summed E-state index contributed by atoms with van der Waals surface area (Å²) in [5.74, 6) is 1.05. The highest BCUT2D eigenvalue weighted by molar-refractivity contribution is 6.99. The first kappa shape index (κ1) is 30.1. The number of hydrogen-bond donors (Lipinski definition) is 0. The topological polar surface area (TPSA) is 26.3 Å². The number of benzene rings is 2. The molecular weight excluding hydrogens is 480 g/mol. The zero-order valence-electron chi connectivity index (χ0n) is 24.7. The molecule has 0 saturated heterocycles. The molecule has 1 aliphatic rings. The molecule has 38 heavy (non-hydrogen) atoms. The Morgan fingerprint density at radius 1 is 0.868 bits per heavy atom. The largest absolute Gasteiger partial charge is 0.401 e. The molecule has 0 bridgehead atoms. The zero-order chi connectivity index (χ0) is 27.8. The van der Waals surface area contributed by atoms with Crippen molar-refractivity contribution in [3.63, 3.8) is 0 Å². The van der Waals surface area contributed by atoms with Crippen molar-refractivity contribution in [1.29, 1.82) is 0 Å². The van der Waals surface area contributed by atoms with E-state index in [-0.39, 0.29) is 16.9 Å². The van der Waals surface area contributed by atoms with Gasteiger partial charge < -0.3 is 4.43 Å². The maximum atomic E-state index is 13.4. The fourth-order valence-corrected chi connectivity index (χ4v) is 10.3. The first-order chi connectivity index (χ1) is 18.0. The van der Waals surface area contributed by atoms with E-state index in [4.69, 9.17) is 4.43 Å². The second kappa shape index (κ2) is 13.5. The van der Waals surface area contributed by atoms with E-state index in [9.17, 15) is 4.79 Å². The van der Waals surface area contributed by atoms with Gasteiger partial charge in [0.05, 0.1) is 6.10 Å². The van der Waals surface area contributed by atoms with Gasteiger partial charge in [-0.1, -0.05) is 125 Å². The molecule has 2 aromatic carbocycles. The Bertz CT molecular complexity index is 1080. The number of ketones is 1. The number of carbonyl (C=O) groups is 1. The van der Waals surface area contributed by atoms with E-state index in [1.807, 2.05) is 6.08 Å². The predicted octanol–water partition coefficient (Wildman–Crippen LogP) is 8.19. The fraction of sp³-hybridized carbons (Fsp3) is 0.457. The fourth-order valence-electron chi connectivity index (χ4n) is 5.65. The van der Waals surface area contributed by atoms with E-state index in [0.29, 0.717) is 18.3 Å². The Labute approximate surface area is 233 Å². The molecule has 2 aromatic rings. The average Bonchev–Trinajstić information content (AvgIpc) is 2.86. The first-order valence-corrected chi connectivity index (χ1v) is 16.3. The molecule has 0 radical (unpaired) electrons. The molecule has 0 heterocycles. The van der Waals surface area contributed by atoms with Gasteiger partial charge in [0.25, 0.3) is 8.32 Å². The van der Waals surface area contributed by atoms with E-state index in [1.54, 1.807) is 0 Å². The van der Waals surface area contributed by atoms with Crippen molar-refractivity contribution < 1.29 is 9.22 Å². The third-order valence-corrected chi connectivity index (χ3v) is 13.0. The van der Waals surface area contributed by atoms with Gasteiger partial charge >= 0.3 is 0 Å². The third kappa shape index (κ3) is 7.77. The van der Waals surface area contributed by atoms with Crippen molar-refractivity contribution in [3.05, 3.63) is 96.1 Å². The maximum Gasteiger partial charge on any atom is 0.261 e. The van der Waals surface area contributed by atoms with Gasteiger partial charge in [-0.15, -0.1) is 0 Å². The van der Waals surface area contributed by atoms with Crippen LogP contribution in [0.3, 0.4) is 0 Å². The van der Waals surface area contributed by atoms with E-state index >= 15 is 0 Å². The highest BCUT2D eigenvalue weighted by atomic mass is 28.4. The number of carbonyl (C=O) groups excluding carboxylic acids is 1. The molecule has 204 valence electrons. The lowest BCUT2D eigenvalue weighted by Crippen LogP contribution is -2.67. The van der Waals surface area contributed by atoms with Gasteiger partial charge in [0.2, 0.25) is 0 Å². The van der Waals surface area contributed by atoms with Crippen LogP contribution < -0.4 is 10.4 Å². The molecule has 0 unspecified atom stereocenters. The minimum atomic E-state index is -2.78. The molecule has 0 aliphatic heterocycles. The summed E-state index contributed by atoms with van der Waals surface area (Å²) in [4.78, 5) is 13.4. The standard InChI is InChI=1S/C35H48O2Si/c1-27(2)30-22-21-28(3)15-14-16-29(4)25-32(26-31(36)24-23-30)37-38(35(5,6)7,33-17-10-8-11-18-33)34-19-12-9-13-20-34/h8-13,15,17-20,23-25,27,30,32H,14,16,21-22,26H2,1-7H3/b24-23+,28-15+,29-25+/t30-,32+/m1/s1. The Hall–Kier alpha value is -2.49. The van der Waals surface area contributed by atoms with Gasteiger partial charge in [-0.3, -0.25) is 4.79 Å². The minimum absolute atomic E-state index is 0.141. The van der Waals surface area contributed by atoms with Crippen molar-refractivity contribution in [2.75, 3.05) is 0 Å². The van der Waals surface area contributed by atoms with E-state index in [0.717, 1.165) is 25.7 Å². The van der Waals surface area contributed by atoms with Crippen LogP contribution in [0, 0.1) is 11.8 Å². The lowest BCUT2D eigenvalue weighted by atomic mass is 9.88. The normalized spacial score (nSPS) is 24.2. The van der Waals surface area contributed by atoms with Gasteiger partial charge in [0.15, 0.2) is 5.78 Å². The number of hydrogen-bond acceptors (Lipinski definition) is 2. The highest BCUT2D eigenvalue weighted by Gasteiger charge is 2.51. The van der Waals surface area contributed by atoms with Gasteiger partial charge in [-0.05, 0) is 72.9 Å². The van der Waals surface area contributed by atoms with Crippen LogP contribution in [-0.2, 0) is 9.22 Å². The summed E-state index contributed by atoms with van der Waals surface area (Å²) in [6.45, 7) is 15.8. The molecule has 0 amide bonds. The predicted molar refractivity (Wildman–Crippen MR) is 166 cm³/mol. The molecule has 0 saturated carbocycles. The molecule has 3 heteroatoms. The van der Waals surface area contributed by atoms with Crippen LogP contribution in [0.25, 0.3) is 0 Å². The quantitative estimate of drug-likeness (QED) is 0.289. The molecule has 0 fully saturated rings. The van der Waals surface area contributed by atoms with Crippen LogP contribution in [0.1, 0.15) is 80.6 Å². The second-order valence-electron chi connectivity index (χ2n) is 12.4. The molecule has 1 aliphatic carbocycles. The SMILES string of the molecule is C/C1=C\[C@H](O[Si](c2ccccc2)(c2ccccc2)C(C)(C)C)CC(=O)/C=C/[C@H](C(C)C)CC/C(C)=C/CC1. The molecule has 2 nitrogen and oxygen atoms in total. The lowest BCUT2D eigenvalue weighted by molar-refractivity contribution is -0.115. The van der Waals surface area contributed by atoms with Gasteiger partial charge in [-0.25, -0.2) is 0 Å². The summed E-state index contributed by atoms with van der Waals surface area (Å²) in [6, 6.07) is 21.4. The minimum Gasteiger partial charge on any atom is -0.401 e.